The first-order valence-corrected chi connectivity index (χ1v) is 7.27. The molecule has 0 radical (unpaired) electrons. The summed E-state index contributed by atoms with van der Waals surface area (Å²) in [6.45, 7) is 4.48. The predicted octanol–water partition coefficient (Wildman–Crippen LogP) is 1.71. The summed E-state index contributed by atoms with van der Waals surface area (Å²) in [5.74, 6) is 0.823. The first-order chi connectivity index (χ1) is 10.3. The van der Waals surface area contributed by atoms with Crippen molar-refractivity contribution < 1.29 is 0 Å². The van der Waals surface area contributed by atoms with Crippen LogP contribution in [0.4, 0.5) is 0 Å². The van der Waals surface area contributed by atoms with Gasteiger partial charge in [0, 0.05) is 12.4 Å². The molecular formula is C15H20N6. The van der Waals surface area contributed by atoms with Crippen LogP contribution in [0.3, 0.4) is 0 Å². The van der Waals surface area contributed by atoms with Crippen molar-refractivity contribution >= 4 is 10.9 Å². The fourth-order valence-electron chi connectivity index (χ4n) is 2.43. The van der Waals surface area contributed by atoms with Crippen molar-refractivity contribution in [2.45, 2.75) is 26.4 Å². The van der Waals surface area contributed by atoms with Gasteiger partial charge in [0.15, 0.2) is 5.82 Å². The highest BCUT2D eigenvalue weighted by molar-refractivity contribution is 5.81. The number of rotatable bonds is 6. The quantitative estimate of drug-likeness (QED) is 0.700. The standard InChI is InChI=1S/C15H20N6/c1-3-8-16-9-15-17-11-21(19-15)10-13-12-6-4-5-7-14(12)20(2)18-13/h4-7,11,16H,3,8-10H2,1-2H3. The Morgan fingerprint density at radius 1 is 1.19 bits per heavy atom. The van der Waals surface area contributed by atoms with Crippen LogP contribution in [0.1, 0.15) is 24.9 Å². The summed E-state index contributed by atoms with van der Waals surface area (Å²) in [6.07, 6.45) is 2.88. The van der Waals surface area contributed by atoms with E-state index in [1.165, 1.54) is 5.39 Å². The van der Waals surface area contributed by atoms with Crippen LogP contribution in [0, 0.1) is 0 Å². The summed E-state index contributed by atoms with van der Waals surface area (Å²) >= 11 is 0. The minimum atomic E-state index is 0.641. The van der Waals surface area contributed by atoms with Gasteiger partial charge in [-0.3, -0.25) is 4.68 Å². The lowest BCUT2D eigenvalue weighted by molar-refractivity contribution is 0.616. The van der Waals surface area contributed by atoms with Crippen molar-refractivity contribution in [1.82, 2.24) is 29.9 Å². The molecule has 0 spiro atoms. The molecule has 1 aromatic carbocycles. The third kappa shape index (κ3) is 2.95. The Bertz CT molecular complexity index is 727. The largest absolute Gasteiger partial charge is 0.310 e. The first-order valence-electron chi connectivity index (χ1n) is 7.27. The van der Waals surface area contributed by atoms with E-state index >= 15 is 0 Å². The van der Waals surface area contributed by atoms with Crippen LogP contribution in [0.5, 0.6) is 0 Å². The van der Waals surface area contributed by atoms with Crippen molar-refractivity contribution in [3.05, 3.63) is 42.1 Å². The Morgan fingerprint density at radius 3 is 2.90 bits per heavy atom. The van der Waals surface area contributed by atoms with Gasteiger partial charge >= 0.3 is 0 Å². The molecule has 0 unspecified atom stereocenters. The number of hydrogen-bond donors (Lipinski definition) is 1. The zero-order chi connectivity index (χ0) is 14.7. The third-order valence-corrected chi connectivity index (χ3v) is 3.44. The van der Waals surface area contributed by atoms with Gasteiger partial charge < -0.3 is 5.32 Å². The summed E-state index contributed by atoms with van der Waals surface area (Å²) in [7, 11) is 1.97. The average molecular weight is 284 g/mol. The lowest BCUT2D eigenvalue weighted by Crippen LogP contribution is -2.15. The van der Waals surface area contributed by atoms with Crippen LogP contribution in [0.25, 0.3) is 10.9 Å². The molecule has 3 rings (SSSR count). The van der Waals surface area contributed by atoms with Crippen LogP contribution in [-0.2, 0) is 20.1 Å². The maximum Gasteiger partial charge on any atom is 0.164 e. The molecule has 0 aliphatic carbocycles. The number of para-hydroxylation sites is 1. The van der Waals surface area contributed by atoms with E-state index in [2.05, 4.69) is 39.6 Å². The number of aryl methyl sites for hydroxylation is 1. The van der Waals surface area contributed by atoms with Crippen molar-refractivity contribution in [3.63, 3.8) is 0 Å². The fourth-order valence-corrected chi connectivity index (χ4v) is 2.43. The Hall–Kier alpha value is -2.21. The topological polar surface area (TPSA) is 60.6 Å². The monoisotopic (exact) mass is 284 g/mol. The molecule has 0 fully saturated rings. The van der Waals surface area contributed by atoms with Crippen LogP contribution >= 0.6 is 0 Å². The van der Waals surface area contributed by atoms with Crippen LogP contribution in [0.2, 0.25) is 0 Å². The number of benzene rings is 1. The molecule has 0 saturated heterocycles. The molecule has 6 nitrogen and oxygen atoms in total. The Kier molecular flexibility index (Phi) is 3.96. The molecule has 0 atom stereocenters. The highest BCUT2D eigenvalue weighted by atomic mass is 15.3. The van der Waals surface area contributed by atoms with E-state index in [4.69, 9.17) is 0 Å². The molecular weight excluding hydrogens is 264 g/mol. The fraction of sp³-hybridized carbons (Fsp3) is 0.400. The van der Waals surface area contributed by atoms with Gasteiger partial charge in [-0.05, 0) is 19.0 Å². The number of nitrogens with zero attached hydrogens (tertiary/aromatic N) is 5. The molecule has 1 N–H and O–H groups in total. The van der Waals surface area contributed by atoms with Crippen molar-refractivity contribution in [2.24, 2.45) is 7.05 Å². The van der Waals surface area contributed by atoms with Gasteiger partial charge in [0.05, 0.1) is 24.3 Å². The second-order valence-corrected chi connectivity index (χ2v) is 5.12. The second-order valence-electron chi connectivity index (χ2n) is 5.12. The highest BCUT2D eigenvalue weighted by Gasteiger charge is 2.09. The van der Waals surface area contributed by atoms with E-state index in [-0.39, 0.29) is 0 Å². The molecule has 3 aromatic rings. The number of hydrogen-bond acceptors (Lipinski definition) is 4. The summed E-state index contributed by atoms with van der Waals surface area (Å²) in [5, 5.41) is 13.5. The van der Waals surface area contributed by atoms with Gasteiger partial charge in [-0.15, -0.1) is 0 Å². The molecule has 2 heterocycles. The van der Waals surface area contributed by atoms with E-state index < -0.39 is 0 Å². The van der Waals surface area contributed by atoms with Gasteiger partial charge in [0.2, 0.25) is 0 Å². The van der Waals surface area contributed by atoms with Gasteiger partial charge in [-0.2, -0.15) is 10.2 Å². The number of nitrogens with one attached hydrogen (secondary N) is 1. The molecule has 0 aliphatic heterocycles. The summed E-state index contributed by atoms with van der Waals surface area (Å²) < 4.78 is 3.75. The maximum atomic E-state index is 4.58. The molecule has 0 bridgehead atoms. The number of aromatic nitrogens is 5. The summed E-state index contributed by atoms with van der Waals surface area (Å²) in [6, 6.07) is 8.24. The minimum absolute atomic E-state index is 0.641. The minimum Gasteiger partial charge on any atom is -0.310 e. The maximum absolute atomic E-state index is 4.58. The molecule has 0 saturated carbocycles. The smallest absolute Gasteiger partial charge is 0.164 e. The molecule has 0 amide bonds. The van der Waals surface area contributed by atoms with E-state index in [0.717, 1.165) is 30.0 Å². The predicted molar refractivity (Wildman–Crippen MR) is 81.8 cm³/mol. The van der Waals surface area contributed by atoms with E-state index in [0.29, 0.717) is 13.1 Å². The van der Waals surface area contributed by atoms with Gasteiger partial charge in [-0.25, -0.2) is 9.67 Å². The van der Waals surface area contributed by atoms with E-state index in [9.17, 15) is 0 Å². The van der Waals surface area contributed by atoms with Gasteiger partial charge in [-0.1, -0.05) is 25.1 Å². The zero-order valence-corrected chi connectivity index (χ0v) is 12.5. The van der Waals surface area contributed by atoms with Crippen molar-refractivity contribution in [3.8, 4) is 0 Å². The second kappa shape index (κ2) is 6.05. The Morgan fingerprint density at radius 2 is 2.05 bits per heavy atom. The average Bonchev–Trinajstić information content (AvgIpc) is 3.06. The Balaban J connectivity index is 1.76. The molecule has 21 heavy (non-hydrogen) atoms. The van der Waals surface area contributed by atoms with E-state index in [1.807, 2.05) is 28.5 Å². The van der Waals surface area contributed by atoms with Crippen molar-refractivity contribution in [2.75, 3.05) is 6.54 Å². The lowest BCUT2D eigenvalue weighted by atomic mass is 10.2. The normalized spacial score (nSPS) is 11.3. The first kappa shape index (κ1) is 13.8. The van der Waals surface area contributed by atoms with E-state index in [1.54, 1.807) is 6.33 Å². The van der Waals surface area contributed by atoms with Crippen LogP contribution in [0.15, 0.2) is 30.6 Å². The SMILES string of the molecule is CCCNCc1ncn(Cc2nn(C)c3ccccc23)n1. The zero-order valence-electron chi connectivity index (χ0n) is 12.5. The Labute approximate surface area is 123 Å². The summed E-state index contributed by atoms with van der Waals surface area (Å²) in [5.41, 5.74) is 2.16. The van der Waals surface area contributed by atoms with Crippen LogP contribution < -0.4 is 5.32 Å². The molecule has 0 aliphatic rings. The molecule has 6 heteroatoms. The summed E-state index contributed by atoms with van der Waals surface area (Å²) in [4.78, 5) is 4.33. The molecule has 110 valence electrons. The molecule has 2 aromatic heterocycles. The highest BCUT2D eigenvalue weighted by Crippen LogP contribution is 2.17. The lowest BCUT2D eigenvalue weighted by Gasteiger charge is -1.99. The van der Waals surface area contributed by atoms with Crippen LogP contribution in [-0.4, -0.2) is 31.1 Å². The van der Waals surface area contributed by atoms with Crippen molar-refractivity contribution in [1.29, 1.82) is 0 Å². The third-order valence-electron chi connectivity index (χ3n) is 3.44. The van der Waals surface area contributed by atoms with Gasteiger partial charge in [0.25, 0.3) is 0 Å². The van der Waals surface area contributed by atoms with Gasteiger partial charge in [0.1, 0.15) is 6.33 Å². The number of fused-ring (bicyclic) bond motifs is 1.